The number of carboxylic acid groups (broad SMARTS) is 1. The molecule has 2 rings (SSSR count). The summed E-state index contributed by atoms with van der Waals surface area (Å²) in [4.78, 5) is 24.7. The molecule has 2 N–H and O–H groups in total. The molecule has 17 heavy (non-hydrogen) atoms. The second-order valence-corrected chi connectivity index (χ2v) is 3.81. The summed E-state index contributed by atoms with van der Waals surface area (Å²) in [6, 6.07) is 10.1. The molecular weight excluding hydrogens is 242 g/mol. The van der Waals surface area contributed by atoms with Crippen LogP contribution in [0.1, 0.15) is 10.4 Å². The van der Waals surface area contributed by atoms with Crippen LogP contribution >= 0.6 is 11.6 Å². The molecule has 0 amide bonds. The van der Waals surface area contributed by atoms with Crippen LogP contribution in [0.25, 0.3) is 11.3 Å². The van der Waals surface area contributed by atoms with Crippen LogP contribution in [0.2, 0.25) is 5.02 Å². The van der Waals surface area contributed by atoms with Gasteiger partial charge in [0.1, 0.15) is 5.56 Å². The van der Waals surface area contributed by atoms with Crippen LogP contribution in [0.4, 0.5) is 0 Å². The molecule has 2 aromatic rings. The number of nitrogens with one attached hydrogen (secondary N) is 1. The zero-order valence-corrected chi connectivity index (χ0v) is 9.36. The normalized spacial score (nSPS) is 10.2. The maximum atomic E-state index is 11.5. The van der Waals surface area contributed by atoms with Crippen LogP contribution in [0, 0.1) is 0 Å². The second kappa shape index (κ2) is 4.43. The first-order valence-corrected chi connectivity index (χ1v) is 5.19. The Hall–Kier alpha value is -2.07. The molecule has 0 aliphatic heterocycles. The summed E-state index contributed by atoms with van der Waals surface area (Å²) in [6.07, 6.45) is 0. The predicted molar refractivity (Wildman–Crippen MR) is 64.5 cm³/mol. The fourth-order valence-electron chi connectivity index (χ4n) is 1.48. The molecule has 0 atom stereocenters. The number of halogens is 1. The third-order valence-electron chi connectivity index (χ3n) is 2.29. The molecule has 0 radical (unpaired) electrons. The van der Waals surface area contributed by atoms with E-state index in [4.69, 9.17) is 16.7 Å². The van der Waals surface area contributed by atoms with Gasteiger partial charge in [-0.25, -0.2) is 4.79 Å². The van der Waals surface area contributed by atoms with Gasteiger partial charge in [0, 0.05) is 0 Å². The summed E-state index contributed by atoms with van der Waals surface area (Å²) in [6.45, 7) is 0. The van der Waals surface area contributed by atoms with E-state index < -0.39 is 11.5 Å². The molecule has 0 unspecified atom stereocenters. The molecule has 4 nitrogen and oxygen atoms in total. The number of carbonyl (C=O) groups is 1. The van der Waals surface area contributed by atoms with Crippen molar-refractivity contribution in [1.29, 1.82) is 0 Å². The van der Waals surface area contributed by atoms with Gasteiger partial charge < -0.3 is 10.1 Å². The summed E-state index contributed by atoms with van der Waals surface area (Å²) in [5.74, 6) is -1.30. The van der Waals surface area contributed by atoms with Crippen LogP contribution < -0.4 is 5.56 Å². The lowest BCUT2D eigenvalue weighted by Gasteiger charge is -2.04. The number of benzene rings is 1. The zero-order chi connectivity index (χ0) is 12.4. The van der Waals surface area contributed by atoms with E-state index in [1.54, 1.807) is 24.3 Å². The van der Waals surface area contributed by atoms with E-state index in [1.165, 1.54) is 0 Å². The molecule has 0 fully saturated rings. The minimum absolute atomic E-state index is 0.202. The highest BCUT2D eigenvalue weighted by Crippen LogP contribution is 2.24. The van der Waals surface area contributed by atoms with E-state index in [0.717, 1.165) is 11.6 Å². The lowest BCUT2D eigenvalue weighted by Crippen LogP contribution is -2.17. The van der Waals surface area contributed by atoms with Crippen LogP contribution in [0.5, 0.6) is 0 Å². The van der Waals surface area contributed by atoms with Gasteiger partial charge in [-0.3, -0.25) is 4.79 Å². The fourth-order valence-corrected chi connectivity index (χ4v) is 1.74. The van der Waals surface area contributed by atoms with Gasteiger partial charge in [-0.1, -0.05) is 41.9 Å². The first kappa shape index (κ1) is 11.4. The lowest BCUT2D eigenvalue weighted by molar-refractivity contribution is 0.0695. The van der Waals surface area contributed by atoms with Crippen molar-refractivity contribution in [3.8, 4) is 11.3 Å². The monoisotopic (exact) mass is 249 g/mol. The maximum Gasteiger partial charge on any atom is 0.341 e. The van der Waals surface area contributed by atoms with Crippen LogP contribution in [0.15, 0.2) is 41.2 Å². The van der Waals surface area contributed by atoms with Crippen molar-refractivity contribution in [2.45, 2.75) is 0 Å². The number of H-pyrrole nitrogens is 1. The van der Waals surface area contributed by atoms with Gasteiger partial charge in [0.15, 0.2) is 0 Å². The Morgan fingerprint density at radius 3 is 2.47 bits per heavy atom. The smallest absolute Gasteiger partial charge is 0.341 e. The highest BCUT2D eigenvalue weighted by molar-refractivity contribution is 6.33. The molecule has 0 aliphatic rings. The molecular formula is C12H8ClNO3. The topological polar surface area (TPSA) is 70.2 Å². The van der Waals surface area contributed by atoms with Crippen molar-refractivity contribution in [2.24, 2.45) is 0 Å². The summed E-state index contributed by atoms with van der Waals surface area (Å²) in [7, 11) is 0. The van der Waals surface area contributed by atoms with Crippen molar-refractivity contribution in [3.63, 3.8) is 0 Å². The highest BCUT2D eigenvalue weighted by Gasteiger charge is 2.13. The maximum absolute atomic E-state index is 11.5. The largest absolute Gasteiger partial charge is 0.477 e. The average Bonchev–Trinajstić information content (AvgIpc) is 2.32. The molecule has 86 valence electrons. The third kappa shape index (κ3) is 2.21. The molecule has 1 heterocycles. The van der Waals surface area contributed by atoms with Crippen LogP contribution in [0.3, 0.4) is 0 Å². The summed E-state index contributed by atoms with van der Waals surface area (Å²) < 4.78 is 0. The first-order chi connectivity index (χ1) is 8.09. The molecule has 0 bridgehead atoms. The number of aromatic amines is 1. The van der Waals surface area contributed by atoms with Crippen molar-refractivity contribution < 1.29 is 9.90 Å². The summed E-state index contributed by atoms with van der Waals surface area (Å²) in [5, 5.41) is 8.97. The molecule has 0 saturated carbocycles. The van der Waals surface area contributed by atoms with Gasteiger partial charge in [0.25, 0.3) is 5.56 Å². The minimum atomic E-state index is -1.30. The van der Waals surface area contributed by atoms with Crippen LogP contribution in [-0.2, 0) is 0 Å². The molecule has 0 aliphatic carbocycles. The van der Waals surface area contributed by atoms with Gasteiger partial charge in [-0.05, 0) is 11.6 Å². The molecule has 5 heteroatoms. The zero-order valence-electron chi connectivity index (χ0n) is 8.61. The Morgan fingerprint density at radius 2 is 1.88 bits per heavy atom. The highest BCUT2D eigenvalue weighted by atomic mass is 35.5. The standard InChI is InChI=1S/C12H8ClNO3/c13-9-6-8(12(16)17)11(15)14-10(9)7-4-2-1-3-5-7/h1-6H,(H,14,15)(H,16,17). The van der Waals surface area contributed by atoms with E-state index in [2.05, 4.69) is 4.98 Å². The first-order valence-electron chi connectivity index (χ1n) is 4.81. The number of aromatic carboxylic acids is 1. The predicted octanol–water partition coefficient (Wildman–Crippen LogP) is 2.39. The lowest BCUT2D eigenvalue weighted by atomic mass is 10.1. The van der Waals surface area contributed by atoms with E-state index in [0.29, 0.717) is 5.69 Å². The molecule has 1 aromatic heterocycles. The van der Waals surface area contributed by atoms with Crippen LogP contribution in [-0.4, -0.2) is 16.1 Å². The molecule has 0 spiro atoms. The summed E-state index contributed by atoms with van der Waals surface area (Å²) in [5.41, 5.74) is 0.115. The number of rotatable bonds is 2. The number of pyridine rings is 1. The minimum Gasteiger partial charge on any atom is -0.477 e. The van der Waals surface area contributed by atoms with Gasteiger partial charge >= 0.3 is 5.97 Å². The number of hydrogen-bond acceptors (Lipinski definition) is 2. The number of aromatic nitrogens is 1. The fraction of sp³-hybridized carbons (Fsp3) is 0. The number of carboxylic acids is 1. The van der Waals surface area contributed by atoms with Gasteiger partial charge in [-0.2, -0.15) is 0 Å². The van der Waals surface area contributed by atoms with Crippen molar-refractivity contribution in [3.05, 3.63) is 57.3 Å². The Balaban J connectivity index is 2.63. The molecule has 0 saturated heterocycles. The Morgan fingerprint density at radius 1 is 1.24 bits per heavy atom. The quantitative estimate of drug-likeness (QED) is 0.859. The molecule has 1 aromatic carbocycles. The van der Waals surface area contributed by atoms with Gasteiger partial charge in [0.2, 0.25) is 0 Å². The van der Waals surface area contributed by atoms with Gasteiger partial charge in [0.05, 0.1) is 10.7 Å². The van der Waals surface area contributed by atoms with E-state index in [9.17, 15) is 9.59 Å². The Kier molecular flexibility index (Phi) is 2.97. The van der Waals surface area contributed by atoms with E-state index in [1.807, 2.05) is 6.07 Å². The SMILES string of the molecule is O=C(O)c1cc(Cl)c(-c2ccccc2)[nH]c1=O. The van der Waals surface area contributed by atoms with E-state index >= 15 is 0 Å². The second-order valence-electron chi connectivity index (χ2n) is 3.41. The van der Waals surface area contributed by atoms with Gasteiger partial charge in [-0.15, -0.1) is 0 Å². The van der Waals surface area contributed by atoms with E-state index in [-0.39, 0.29) is 10.6 Å². The van der Waals surface area contributed by atoms with Crippen molar-refractivity contribution >= 4 is 17.6 Å². The average molecular weight is 250 g/mol. The Labute approximate surface area is 101 Å². The third-order valence-corrected chi connectivity index (χ3v) is 2.58. The Bertz CT molecular complexity index is 619. The van der Waals surface area contributed by atoms with Crippen molar-refractivity contribution in [2.75, 3.05) is 0 Å². The van der Waals surface area contributed by atoms with Crippen molar-refractivity contribution in [1.82, 2.24) is 4.98 Å². The number of hydrogen-bond donors (Lipinski definition) is 2. The summed E-state index contributed by atoms with van der Waals surface area (Å²) >= 11 is 5.95.